The van der Waals surface area contributed by atoms with Crippen LogP contribution in [0.1, 0.15) is 33.1 Å². The Morgan fingerprint density at radius 2 is 1.64 bits per heavy atom. The lowest BCUT2D eigenvalue weighted by atomic mass is 9.99. The zero-order valence-corrected chi connectivity index (χ0v) is 15.0. The summed E-state index contributed by atoms with van der Waals surface area (Å²) in [5.74, 6) is 0.497. The van der Waals surface area contributed by atoms with Crippen LogP contribution in [0.25, 0.3) is 0 Å². The van der Waals surface area contributed by atoms with Crippen LogP contribution in [0, 0.1) is 5.92 Å². The van der Waals surface area contributed by atoms with Crippen molar-refractivity contribution >= 4 is 10.2 Å². The van der Waals surface area contributed by atoms with Crippen LogP contribution >= 0.6 is 0 Å². The van der Waals surface area contributed by atoms with Gasteiger partial charge in [0.15, 0.2) is 0 Å². The third kappa shape index (κ3) is 4.41. The zero-order chi connectivity index (χ0) is 16.2. The molecule has 2 saturated heterocycles. The Kier molecular flexibility index (Phi) is 6.64. The van der Waals surface area contributed by atoms with Gasteiger partial charge in [-0.15, -0.1) is 0 Å². The molecule has 0 aromatic carbocycles. The SMILES string of the molecule is COCC1CCN(S(=O)(=O)N2CCCN(C(C)C)CC2)CC1. The van der Waals surface area contributed by atoms with E-state index in [0.717, 1.165) is 39.0 Å². The third-order valence-electron chi connectivity index (χ3n) is 4.85. The Morgan fingerprint density at radius 3 is 2.23 bits per heavy atom. The molecule has 2 aliphatic rings. The van der Waals surface area contributed by atoms with E-state index in [2.05, 4.69) is 18.7 Å². The maximum absolute atomic E-state index is 12.8. The molecule has 7 heteroatoms. The van der Waals surface area contributed by atoms with Crippen molar-refractivity contribution in [2.75, 3.05) is 53.0 Å². The molecule has 0 N–H and O–H groups in total. The fourth-order valence-corrected chi connectivity index (χ4v) is 5.04. The van der Waals surface area contributed by atoms with Crippen LogP contribution in [0.3, 0.4) is 0 Å². The van der Waals surface area contributed by atoms with Gasteiger partial charge in [0.05, 0.1) is 0 Å². The van der Waals surface area contributed by atoms with Gasteiger partial charge in [-0.3, -0.25) is 4.90 Å². The number of nitrogens with zero attached hydrogens (tertiary/aromatic N) is 3. The topological polar surface area (TPSA) is 53.1 Å². The average Bonchev–Trinajstić information content (AvgIpc) is 2.74. The molecule has 22 heavy (non-hydrogen) atoms. The van der Waals surface area contributed by atoms with Crippen LogP contribution in [0.2, 0.25) is 0 Å². The first kappa shape index (κ1) is 18.1. The molecule has 0 aromatic rings. The lowest BCUT2D eigenvalue weighted by Gasteiger charge is -2.34. The molecule has 0 aliphatic carbocycles. The summed E-state index contributed by atoms with van der Waals surface area (Å²) < 4.78 is 34.2. The second kappa shape index (κ2) is 8.06. The van der Waals surface area contributed by atoms with Crippen LogP contribution < -0.4 is 0 Å². The summed E-state index contributed by atoms with van der Waals surface area (Å²) in [4.78, 5) is 2.36. The number of piperidine rings is 1. The Bertz CT molecular complexity index is 433. The maximum Gasteiger partial charge on any atom is 0.282 e. The van der Waals surface area contributed by atoms with E-state index >= 15 is 0 Å². The molecule has 2 rings (SSSR count). The molecule has 130 valence electrons. The molecule has 0 unspecified atom stereocenters. The van der Waals surface area contributed by atoms with Crippen LogP contribution in [0.4, 0.5) is 0 Å². The first-order chi connectivity index (χ1) is 10.4. The Labute approximate surface area is 135 Å². The van der Waals surface area contributed by atoms with Crippen LogP contribution in [0.5, 0.6) is 0 Å². The van der Waals surface area contributed by atoms with Gasteiger partial charge in [-0.05, 0) is 45.6 Å². The molecule has 0 saturated carbocycles. The van der Waals surface area contributed by atoms with E-state index in [1.807, 2.05) is 0 Å². The number of rotatable bonds is 5. The summed E-state index contributed by atoms with van der Waals surface area (Å²) in [5, 5.41) is 0. The summed E-state index contributed by atoms with van der Waals surface area (Å²) in [5.41, 5.74) is 0. The van der Waals surface area contributed by atoms with E-state index in [9.17, 15) is 8.42 Å². The highest BCUT2D eigenvalue weighted by atomic mass is 32.2. The van der Waals surface area contributed by atoms with E-state index in [-0.39, 0.29) is 0 Å². The first-order valence-corrected chi connectivity index (χ1v) is 9.83. The molecule has 6 nitrogen and oxygen atoms in total. The van der Waals surface area contributed by atoms with E-state index in [4.69, 9.17) is 4.74 Å². The highest BCUT2D eigenvalue weighted by Crippen LogP contribution is 2.22. The normalized spacial score (nSPS) is 24.7. The van der Waals surface area contributed by atoms with E-state index in [0.29, 0.717) is 38.1 Å². The molecule has 0 radical (unpaired) electrons. The summed E-state index contributed by atoms with van der Waals surface area (Å²) >= 11 is 0. The predicted molar refractivity (Wildman–Crippen MR) is 88.0 cm³/mol. The largest absolute Gasteiger partial charge is 0.384 e. The van der Waals surface area contributed by atoms with Crippen molar-refractivity contribution in [2.24, 2.45) is 5.92 Å². The minimum atomic E-state index is -3.30. The van der Waals surface area contributed by atoms with Gasteiger partial charge in [0.1, 0.15) is 0 Å². The second-order valence-corrected chi connectivity index (χ2v) is 8.62. The van der Waals surface area contributed by atoms with E-state index < -0.39 is 10.2 Å². The molecule has 0 bridgehead atoms. The summed E-state index contributed by atoms with van der Waals surface area (Å²) in [6.45, 7) is 9.40. The maximum atomic E-state index is 12.8. The summed E-state index contributed by atoms with van der Waals surface area (Å²) in [7, 11) is -1.59. The number of hydrogen-bond acceptors (Lipinski definition) is 4. The molecule has 0 spiro atoms. The first-order valence-electron chi connectivity index (χ1n) is 8.43. The quantitative estimate of drug-likeness (QED) is 0.753. The molecule has 0 amide bonds. The van der Waals surface area contributed by atoms with Crippen LogP contribution in [-0.2, 0) is 14.9 Å². The molecule has 0 aromatic heterocycles. The Morgan fingerprint density at radius 1 is 1.00 bits per heavy atom. The molecular formula is C15H31N3O3S. The predicted octanol–water partition coefficient (Wildman–Crippen LogP) is 1.01. The van der Waals surface area contributed by atoms with Crippen molar-refractivity contribution in [1.29, 1.82) is 0 Å². The minimum Gasteiger partial charge on any atom is -0.384 e. The number of methoxy groups -OCH3 is 1. The highest BCUT2D eigenvalue weighted by molar-refractivity contribution is 7.86. The number of ether oxygens (including phenoxy) is 1. The van der Waals surface area contributed by atoms with Crippen molar-refractivity contribution in [3.05, 3.63) is 0 Å². The van der Waals surface area contributed by atoms with Gasteiger partial charge in [-0.1, -0.05) is 0 Å². The lowest BCUT2D eigenvalue weighted by molar-refractivity contribution is 0.119. The van der Waals surface area contributed by atoms with Gasteiger partial charge in [0, 0.05) is 52.5 Å². The Balaban J connectivity index is 1.93. The van der Waals surface area contributed by atoms with Gasteiger partial charge in [-0.25, -0.2) is 0 Å². The highest BCUT2D eigenvalue weighted by Gasteiger charge is 2.33. The Hall–Kier alpha value is -0.210. The van der Waals surface area contributed by atoms with E-state index in [1.165, 1.54) is 0 Å². The minimum absolute atomic E-state index is 0.479. The second-order valence-electron chi connectivity index (χ2n) is 6.69. The number of hydrogen-bond donors (Lipinski definition) is 0. The average molecular weight is 333 g/mol. The van der Waals surface area contributed by atoms with Gasteiger partial charge in [0.25, 0.3) is 10.2 Å². The molecular weight excluding hydrogens is 302 g/mol. The summed E-state index contributed by atoms with van der Waals surface area (Å²) in [6, 6.07) is 0.479. The van der Waals surface area contributed by atoms with Crippen molar-refractivity contribution in [3.8, 4) is 0 Å². The van der Waals surface area contributed by atoms with Gasteiger partial charge in [0.2, 0.25) is 0 Å². The van der Waals surface area contributed by atoms with Gasteiger partial charge >= 0.3 is 0 Å². The van der Waals surface area contributed by atoms with E-state index in [1.54, 1.807) is 15.7 Å². The van der Waals surface area contributed by atoms with Crippen molar-refractivity contribution < 1.29 is 13.2 Å². The molecule has 2 fully saturated rings. The van der Waals surface area contributed by atoms with Gasteiger partial charge < -0.3 is 4.74 Å². The monoisotopic (exact) mass is 333 g/mol. The fraction of sp³-hybridized carbons (Fsp3) is 1.00. The van der Waals surface area contributed by atoms with Gasteiger partial charge in [-0.2, -0.15) is 17.0 Å². The van der Waals surface area contributed by atoms with Crippen molar-refractivity contribution in [3.63, 3.8) is 0 Å². The fourth-order valence-electron chi connectivity index (χ4n) is 3.37. The van der Waals surface area contributed by atoms with Crippen molar-refractivity contribution in [2.45, 2.75) is 39.2 Å². The molecule has 0 atom stereocenters. The molecule has 2 heterocycles. The lowest BCUT2D eigenvalue weighted by Crippen LogP contribution is -2.48. The third-order valence-corrected chi connectivity index (χ3v) is 6.88. The molecule has 2 aliphatic heterocycles. The van der Waals surface area contributed by atoms with Crippen LogP contribution in [-0.4, -0.2) is 81.0 Å². The summed E-state index contributed by atoms with van der Waals surface area (Å²) in [6.07, 6.45) is 2.72. The van der Waals surface area contributed by atoms with Crippen molar-refractivity contribution in [1.82, 2.24) is 13.5 Å². The van der Waals surface area contributed by atoms with Crippen LogP contribution in [0.15, 0.2) is 0 Å². The smallest absolute Gasteiger partial charge is 0.282 e. The standard InChI is InChI=1S/C15H31N3O3S/c1-14(2)16-7-4-8-17(12-11-16)22(19,20)18-9-5-15(6-10-18)13-21-3/h14-15H,4-13H2,1-3H3. The zero-order valence-electron chi connectivity index (χ0n) is 14.2.